The van der Waals surface area contributed by atoms with Crippen LogP contribution in [0.25, 0.3) is 0 Å². The molecule has 0 radical (unpaired) electrons. The van der Waals surface area contributed by atoms with Gasteiger partial charge in [0, 0.05) is 14.1 Å². The van der Waals surface area contributed by atoms with Gasteiger partial charge in [0.2, 0.25) is 0 Å². The number of amides is 1. The first-order chi connectivity index (χ1) is 5.52. The number of thiazole rings is 1. The van der Waals surface area contributed by atoms with E-state index in [-0.39, 0.29) is 5.91 Å². The molecular formula is C7H11N3OS. The van der Waals surface area contributed by atoms with Crippen LogP contribution in [0.4, 0.5) is 5.13 Å². The van der Waals surface area contributed by atoms with Gasteiger partial charge >= 0.3 is 0 Å². The van der Waals surface area contributed by atoms with Crippen LogP contribution >= 0.6 is 11.3 Å². The van der Waals surface area contributed by atoms with E-state index in [9.17, 15) is 4.79 Å². The molecule has 1 aromatic rings. The predicted molar refractivity (Wildman–Crippen MR) is 49.3 cm³/mol. The van der Waals surface area contributed by atoms with Crippen LogP contribution in [0.15, 0.2) is 0 Å². The summed E-state index contributed by atoms with van der Waals surface area (Å²) in [6.07, 6.45) is 0. The SMILES string of the molecule is Cc1nc(N)sc1C(=O)N(C)C. The predicted octanol–water partition coefficient (Wildman–Crippen LogP) is 0.736. The summed E-state index contributed by atoms with van der Waals surface area (Å²) in [4.78, 5) is 17.5. The lowest BCUT2D eigenvalue weighted by Crippen LogP contribution is -2.21. The summed E-state index contributed by atoms with van der Waals surface area (Å²) in [5, 5.41) is 0.442. The standard InChI is InChI=1S/C7H11N3OS/c1-4-5(6(11)10(2)3)12-7(8)9-4/h1-3H3,(H2,8,9). The molecule has 0 fully saturated rings. The van der Waals surface area contributed by atoms with E-state index < -0.39 is 0 Å². The third-order valence-electron chi connectivity index (χ3n) is 1.41. The number of nitrogens with zero attached hydrogens (tertiary/aromatic N) is 2. The molecule has 0 aliphatic rings. The Hall–Kier alpha value is -1.10. The zero-order valence-electron chi connectivity index (χ0n) is 7.29. The molecular weight excluding hydrogens is 174 g/mol. The van der Waals surface area contributed by atoms with Crippen molar-refractivity contribution in [1.29, 1.82) is 0 Å². The van der Waals surface area contributed by atoms with Crippen LogP contribution in [-0.2, 0) is 0 Å². The first kappa shape index (κ1) is 8.99. The molecule has 1 heterocycles. The van der Waals surface area contributed by atoms with E-state index in [1.54, 1.807) is 21.0 Å². The van der Waals surface area contributed by atoms with Crippen molar-refractivity contribution in [3.63, 3.8) is 0 Å². The maximum Gasteiger partial charge on any atom is 0.265 e. The molecule has 1 rings (SSSR count). The van der Waals surface area contributed by atoms with Gasteiger partial charge in [0.25, 0.3) is 5.91 Å². The van der Waals surface area contributed by atoms with Gasteiger partial charge in [0.15, 0.2) is 5.13 Å². The first-order valence-electron chi connectivity index (χ1n) is 3.47. The Labute approximate surface area is 75.0 Å². The van der Waals surface area contributed by atoms with Gasteiger partial charge < -0.3 is 10.6 Å². The Balaban J connectivity index is 3.02. The molecule has 0 spiro atoms. The van der Waals surface area contributed by atoms with E-state index >= 15 is 0 Å². The Kier molecular flexibility index (Phi) is 2.32. The molecule has 0 aromatic carbocycles. The molecule has 0 aliphatic heterocycles. The number of nitrogens with two attached hydrogens (primary N) is 1. The molecule has 1 aromatic heterocycles. The molecule has 1 amide bonds. The number of hydrogen-bond acceptors (Lipinski definition) is 4. The highest BCUT2D eigenvalue weighted by molar-refractivity contribution is 7.17. The third-order valence-corrected chi connectivity index (χ3v) is 2.39. The number of rotatable bonds is 1. The molecule has 0 atom stereocenters. The van der Waals surface area contributed by atoms with E-state index in [1.807, 2.05) is 0 Å². The lowest BCUT2D eigenvalue weighted by molar-refractivity contribution is 0.0831. The number of hydrogen-bond donors (Lipinski definition) is 1. The molecule has 0 saturated heterocycles. The molecule has 4 nitrogen and oxygen atoms in total. The lowest BCUT2D eigenvalue weighted by Gasteiger charge is -2.07. The van der Waals surface area contributed by atoms with Crippen LogP contribution in [0, 0.1) is 6.92 Å². The van der Waals surface area contributed by atoms with Gasteiger partial charge in [0.05, 0.1) is 5.69 Å². The Morgan fingerprint density at radius 1 is 1.58 bits per heavy atom. The van der Waals surface area contributed by atoms with E-state index in [1.165, 1.54) is 16.2 Å². The molecule has 0 aliphatic carbocycles. The second-order valence-electron chi connectivity index (χ2n) is 2.67. The molecule has 66 valence electrons. The quantitative estimate of drug-likeness (QED) is 0.702. The molecule has 0 saturated carbocycles. The second-order valence-corrected chi connectivity index (χ2v) is 3.70. The van der Waals surface area contributed by atoms with Crippen molar-refractivity contribution in [2.45, 2.75) is 6.92 Å². The molecule has 0 unspecified atom stereocenters. The summed E-state index contributed by atoms with van der Waals surface area (Å²) >= 11 is 1.23. The molecule has 0 bridgehead atoms. The Bertz CT molecular complexity index is 306. The summed E-state index contributed by atoms with van der Waals surface area (Å²) in [6.45, 7) is 1.78. The fourth-order valence-electron chi connectivity index (χ4n) is 0.819. The van der Waals surface area contributed by atoms with Crippen molar-refractivity contribution in [1.82, 2.24) is 9.88 Å². The zero-order chi connectivity index (χ0) is 9.30. The highest BCUT2D eigenvalue weighted by atomic mass is 32.1. The lowest BCUT2D eigenvalue weighted by atomic mass is 10.3. The van der Waals surface area contributed by atoms with E-state index in [0.717, 1.165) is 0 Å². The fourth-order valence-corrected chi connectivity index (χ4v) is 1.67. The monoisotopic (exact) mass is 185 g/mol. The van der Waals surface area contributed by atoms with Crippen LogP contribution in [0.5, 0.6) is 0 Å². The summed E-state index contributed by atoms with van der Waals surface area (Å²) in [5.41, 5.74) is 6.16. The fraction of sp³-hybridized carbons (Fsp3) is 0.429. The summed E-state index contributed by atoms with van der Waals surface area (Å²) in [7, 11) is 3.41. The van der Waals surface area contributed by atoms with Crippen LogP contribution < -0.4 is 5.73 Å². The van der Waals surface area contributed by atoms with Crippen molar-refractivity contribution in [2.75, 3.05) is 19.8 Å². The smallest absolute Gasteiger partial charge is 0.265 e. The van der Waals surface area contributed by atoms with Crippen LogP contribution in [-0.4, -0.2) is 29.9 Å². The van der Waals surface area contributed by atoms with Gasteiger partial charge in [-0.15, -0.1) is 0 Å². The number of carbonyl (C=O) groups excluding carboxylic acids is 1. The Morgan fingerprint density at radius 3 is 2.50 bits per heavy atom. The van der Waals surface area contributed by atoms with Crippen molar-refractivity contribution < 1.29 is 4.79 Å². The normalized spacial score (nSPS) is 9.92. The van der Waals surface area contributed by atoms with E-state index in [4.69, 9.17) is 5.73 Å². The maximum atomic E-state index is 11.4. The zero-order valence-corrected chi connectivity index (χ0v) is 8.10. The van der Waals surface area contributed by atoms with E-state index in [0.29, 0.717) is 15.7 Å². The number of anilines is 1. The van der Waals surface area contributed by atoms with Crippen LogP contribution in [0.2, 0.25) is 0 Å². The van der Waals surface area contributed by atoms with Gasteiger partial charge in [0.1, 0.15) is 4.88 Å². The third kappa shape index (κ3) is 1.55. The average Bonchev–Trinajstić information content (AvgIpc) is 2.28. The highest BCUT2D eigenvalue weighted by Crippen LogP contribution is 2.20. The van der Waals surface area contributed by atoms with Gasteiger partial charge in [-0.3, -0.25) is 4.79 Å². The topological polar surface area (TPSA) is 59.2 Å². The number of aryl methyl sites for hydroxylation is 1. The van der Waals surface area contributed by atoms with Gasteiger partial charge in [-0.2, -0.15) is 0 Å². The maximum absolute atomic E-state index is 11.4. The van der Waals surface area contributed by atoms with Crippen LogP contribution in [0.1, 0.15) is 15.4 Å². The summed E-state index contributed by atoms with van der Waals surface area (Å²) in [6, 6.07) is 0. The first-order valence-corrected chi connectivity index (χ1v) is 4.28. The largest absolute Gasteiger partial charge is 0.375 e. The number of aromatic nitrogens is 1. The van der Waals surface area contributed by atoms with Gasteiger partial charge in [-0.1, -0.05) is 11.3 Å². The molecule has 12 heavy (non-hydrogen) atoms. The second kappa shape index (κ2) is 3.10. The molecule has 2 N–H and O–H groups in total. The minimum Gasteiger partial charge on any atom is -0.375 e. The van der Waals surface area contributed by atoms with Crippen molar-refractivity contribution >= 4 is 22.4 Å². The number of nitrogen functional groups attached to an aromatic ring is 1. The average molecular weight is 185 g/mol. The Morgan fingerprint density at radius 2 is 2.17 bits per heavy atom. The molecule has 5 heteroatoms. The van der Waals surface area contributed by atoms with Crippen LogP contribution in [0.3, 0.4) is 0 Å². The minimum atomic E-state index is -0.0401. The summed E-state index contributed by atoms with van der Waals surface area (Å²) < 4.78 is 0. The highest BCUT2D eigenvalue weighted by Gasteiger charge is 2.15. The number of carbonyl (C=O) groups is 1. The van der Waals surface area contributed by atoms with Crippen molar-refractivity contribution in [2.24, 2.45) is 0 Å². The summed E-state index contributed by atoms with van der Waals surface area (Å²) in [5.74, 6) is -0.0401. The van der Waals surface area contributed by atoms with Crippen molar-refractivity contribution in [3.8, 4) is 0 Å². The van der Waals surface area contributed by atoms with Gasteiger partial charge in [-0.05, 0) is 6.92 Å². The van der Waals surface area contributed by atoms with E-state index in [2.05, 4.69) is 4.98 Å². The van der Waals surface area contributed by atoms with Gasteiger partial charge in [-0.25, -0.2) is 4.98 Å². The minimum absolute atomic E-state index is 0.0401. The van der Waals surface area contributed by atoms with Crippen molar-refractivity contribution in [3.05, 3.63) is 10.6 Å².